The van der Waals surface area contributed by atoms with E-state index in [0.29, 0.717) is 0 Å². The largest absolute Gasteiger partial charge is 0.353 e. The first kappa shape index (κ1) is 18.6. The lowest BCUT2D eigenvalue weighted by Gasteiger charge is -2.11. The van der Waals surface area contributed by atoms with Crippen molar-refractivity contribution in [2.45, 2.75) is 0 Å². The number of rotatable bonds is 2. The third-order valence-electron chi connectivity index (χ3n) is 7.26. The van der Waals surface area contributed by atoms with Gasteiger partial charge in [-0.2, -0.15) is 0 Å². The molecule has 4 aromatic heterocycles. The van der Waals surface area contributed by atoms with E-state index in [1.165, 1.54) is 66.1 Å². The lowest BCUT2D eigenvalue weighted by Crippen LogP contribution is -1.95. The molecule has 0 atom stereocenters. The molecule has 8 aromatic rings. The minimum Gasteiger partial charge on any atom is -0.353 e. The van der Waals surface area contributed by atoms with Crippen LogP contribution < -0.4 is 0 Å². The number of nitrogens with one attached hydrogen (secondary N) is 1. The standard InChI is InChI=1S/C32H21N3/c1-4-15-26-25(14-1)30-31(33-26)29-18-7-8-19-34(29)32(30)21-10-9-11-22(20-21)35-27-16-5-2-12-23(27)24-13-3-6-17-28(24)35/h1-20,33H. The first-order chi connectivity index (χ1) is 17.4. The summed E-state index contributed by atoms with van der Waals surface area (Å²) in [5, 5.41) is 5.08. The van der Waals surface area contributed by atoms with Gasteiger partial charge in [-0.1, -0.05) is 72.8 Å². The zero-order chi connectivity index (χ0) is 22.9. The van der Waals surface area contributed by atoms with Gasteiger partial charge in [0, 0.05) is 44.5 Å². The zero-order valence-corrected chi connectivity index (χ0v) is 18.9. The van der Waals surface area contributed by atoms with Gasteiger partial charge in [0.25, 0.3) is 0 Å². The second-order valence-corrected chi connectivity index (χ2v) is 9.15. The van der Waals surface area contributed by atoms with Gasteiger partial charge in [-0.05, 0) is 42.5 Å². The van der Waals surface area contributed by atoms with Gasteiger partial charge < -0.3 is 14.0 Å². The molecule has 4 heterocycles. The smallest absolute Gasteiger partial charge is 0.0731 e. The summed E-state index contributed by atoms with van der Waals surface area (Å²) in [4.78, 5) is 3.68. The van der Waals surface area contributed by atoms with Crippen molar-refractivity contribution in [3.8, 4) is 16.9 Å². The number of aromatic amines is 1. The third-order valence-corrected chi connectivity index (χ3v) is 7.26. The summed E-state index contributed by atoms with van der Waals surface area (Å²) in [6, 6.07) is 41.3. The van der Waals surface area contributed by atoms with E-state index in [1.54, 1.807) is 0 Å². The molecule has 0 radical (unpaired) electrons. The molecule has 0 aliphatic heterocycles. The maximum Gasteiger partial charge on any atom is 0.0731 e. The average Bonchev–Trinajstić information content (AvgIpc) is 3.56. The van der Waals surface area contributed by atoms with Gasteiger partial charge >= 0.3 is 0 Å². The molecule has 8 rings (SSSR count). The van der Waals surface area contributed by atoms with Crippen molar-refractivity contribution in [2.75, 3.05) is 0 Å². The van der Waals surface area contributed by atoms with Crippen LogP contribution in [0.1, 0.15) is 0 Å². The van der Waals surface area contributed by atoms with E-state index in [4.69, 9.17) is 0 Å². The number of hydrogen-bond acceptors (Lipinski definition) is 0. The minimum atomic E-state index is 1.17. The van der Waals surface area contributed by atoms with Crippen LogP contribution in [0.3, 0.4) is 0 Å². The lowest BCUT2D eigenvalue weighted by molar-refractivity contribution is 1.17. The van der Waals surface area contributed by atoms with E-state index in [9.17, 15) is 0 Å². The van der Waals surface area contributed by atoms with Gasteiger partial charge in [-0.15, -0.1) is 0 Å². The molecule has 164 valence electrons. The molecular weight excluding hydrogens is 426 g/mol. The van der Waals surface area contributed by atoms with E-state index in [0.717, 1.165) is 0 Å². The number of fused-ring (bicyclic) bond motifs is 8. The zero-order valence-electron chi connectivity index (χ0n) is 18.9. The number of pyridine rings is 1. The molecule has 0 fully saturated rings. The van der Waals surface area contributed by atoms with Gasteiger partial charge in [0.15, 0.2) is 0 Å². The van der Waals surface area contributed by atoms with Crippen LogP contribution >= 0.6 is 0 Å². The Hall–Kier alpha value is -4.76. The highest BCUT2D eigenvalue weighted by molar-refractivity contribution is 6.19. The third kappa shape index (κ3) is 2.50. The number of aromatic nitrogens is 3. The van der Waals surface area contributed by atoms with Crippen LogP contribution in [0.25, 0.3) is 66.1 Å². The summed E-state index contributed by atoms with van der Waals surface area (Å²) >= 11 is 0. The van der Waals surface area contributed by atoms with Crippen molar-refractivity contribution < 1.29 is 0 Å². The number of H-pyrrole nitrogens is 1. The lowest BCUT2D eigenvalue weighted by atomic mass is 10.1. The molecule has 0 saturated heterocycles. The topological polar surface area (TPSA) is 25.1 Å². The molecule has 1 N–H and O–H groups in total. The van der Waals surface area contributed by atoms with Crippen LogP contribution in [0.15, 0.2) is 121 Å². The van der Waals surface area contributed by atoms with E-state index in [1.807, 2.05) is 0 Å². The average molecular weight is 448 g/mol. The fourth-order valence-corrected chi connectivity index (χ4v) is 5.82. The molecule has 3 heteroatoms. The maximum absolute atomic E-state index is 3.68. The molecular formula is C32H21N3. The summed E-state index contributed by atoms with van der Waals surface area (Å²) in [7, 11) is 0. The Morgan fingerprint density at radius 1 is 0.543 bits per heavy atom. The van der Waals surface area contributed by atoms with Gasteiger partial charge in [0.1, 0.15) is 0 Å². The summed E-state index contributed by atoms with van der Waals surface area (Å²) in [6.07, 6.45) is 2.17. The van der Waals surface area contributed by atoms with Gasteiger partial charge in [0.2, 0.25) is 0 Å². The van der Waals surface area contributed by atoms with Gasteiger partial charge in [-0.3, -0.25) is 0 Å². The van der Waals surface area contributed by atoms with Crippen LogP contribution in [-0.4, -0.2) is 14.0 Å². The molecule has 0 aliphatic rings. The number of nitrogens with zero attached hydrogens (tertiary/aromatic N) is 2. The molecule has 0 unspecified atom stereocenters. The minimum absolute atomic E-state index is 1.17. The van der Waals surface area contributed by atoms with Crippen molar-refractivity contribution in [3.63, 3.8) is 0 Å². The monoisotopic (exact) mass is 447 g/mol. The molecule has 35 heavy (non-hydrogen) atoms. The summed E-state index contributed by atoms with van der Waals surface area (Å²) in [6.45, 7) is 0. The first-order valence-corrected chi connectivity index (χ1v) is 12.0. The van der Waals surface area contributed by atoms with Crippen molar-refractivity contribution >= 4 is 49.1 Å². The second-order valence-electron chi connectivity index (χ2n) is 9.15. The highest BCUT2D eigenvalue weighted by Crippen LogP contribution is 2.40. The Morgan fingerprint density at radius 2 is 1.20 bits per heavy atom. The SMILES string of the molecule is c1cc(-c2c3c4ccccc4[nH]c3c3ccccn23)cc(-n2c3ccccc3c3ccccc32)c1. The Kier molecular flexibility index (Phi) is 3.66. The quantitative estimate of drug-likeness (QED) is 0.275. The van der Waals surface area contributed by atoms with Crippen LogP contribution in [-0.2, 0) is 0 Å². The first-order valence-electron chi connectivity index (χ1n) is 12.0. The van der Waals surface area contributed by atoms with Gasteiger partial charge in [0.05, 0.1) is 27.8 Å². The van der Waals surface area contributed by atoms with E-state index < -0.39 is 0 Å². The number of hydrogen-bond donors (Lipinski definition) is 1. The summed E-state index contributed by atoms with van der Waals surface area (Å²) in [5.74, 6) is 0. The van der Waals surface area contributed by atoms with Crippen LogP contribution in [0, 0.1) is 0 Å². The van der Waals surface area contributed by atoms with E-state index in [-0.39, 0.29) is 0 Å². The van der Waals surface area contributed by atoms with Crippen molar-refractivity contribution in [1.82, 2.24) is 14.0 Å². The fourth-order valence-electron chi connectivity index (χ4n) is 5.82. The molecule has 0 aliphatic carbocycles. The highest BCUT2D eigenvalue weighted by atomic mass is 15.0. The molecule has 0 saturated carbocycles. The van der Waals surface area contributed by atoms with Crippen LogP contribution in [0.2, 0.25) is 0 Å². The highest BCUT2D eigenvalue weighted by Gasteiger charge is 2.19. The summed E-state index contributed by atoms with van der Waals surface area (Å²) in [5.41, 5.74) is 9.58. The Bertz CT molecular complexity index is 2010. The fraction of sp³-hybridized carbons (Fsp3) is 0. The number of para-hydroxylation sites is 3. The second kappa shape index (κ2) is 6.87. The predicted molar refractivity (Wildman–Crippen MR) is 147 cm³/mol. The Labute approximate surface area is 201 Å². The molecule has 4 aromatic carbocycles. The van der Waals surface area contributed by atoms with Crippen LogP contribution in [0.4, 0.5) is 0 Å². The van der Waals surface area contributed by atoms with Crippen LogP contribution in [0.5, 0.6) is 0 Å². The Morgan fingerprint density at radius 3 is 2.00 bits per heavy atom. The van der Waals surface area contributed by atoms with E-state index >= 15 is 0 Å². The molecule has 0 spiro atoms. The molecule has 0 bridgehead atoms. The van der Waals surface area contributed by atoms with E-state index in [2.05, 4.69) is 135 Å². The van der Waals surface area contributed by atoms with Gasteiger partial charge in [-0.25, -0.2) is 0 Å². The predicted octanol–water partition coefficient (Wildman–Crippen LogP) is 8.34. The molecule has 0 amide bonds. The number of benzene rings is 4. The summed E-state index contributed by atoms with van der Waals surface area (Å²) < 4.78 is 4.70. The Balaban J connectivity index is 1.47. The normalized spacial score (nSPS) is 12.0. The van der Waals surface area contributed by atoms with Crippen molar-refractivity contribution in [2.24, 2.45) is 0 Å². The maximum atomic E-state index is 3.68. The van der Waals surface area contributed by atoms with Crippen molar-refractivity contribution in [3.05, 3.63) is 121 Å². The molecule has 3 nitrogen and oxygen atoms in total. The van der Waals surface area contributed by atoms with Crippen molar-refractivity contribution in [1.29, 1.82) is 0 Å².